The Balaban J connectivity index is -0.0000000267. The van der Waals surface area contributed by atoms with E-state index in [4.69, 9.17) is 9.90 Å². The predicted molar refractivity (Wildman–Crippen MR) is 22.8 cm³/mol. The molecule has 0 aromatic carbocycles. The second-order valence-corrected chi connectivity index (χ2v) is 0.384. The van der Waals surface area contributed by atoms with Crippen LogP contribution in [0.15, 0.2) is 0 Å². The molecule has 0 aromatic rings. The third kappa shape index (κ3) is 8.93. The Morgan fingerprint density at radius 2 is 2.17 bits per heavy atom. The van der Waals surface area contributed by atoms with Gasteiger partial charge in [-0.25, -0.2) is 4.79 Å². The largest absolute Gasteiger partial charge is 2.00 e. The summed E-state index contributed by atoms with van der Waals surface area (Å²) < 4.78 is 3.17. The van der Waals surface area contributed by atoms with E-state index < -0.39 is 6.16 Å². The summed E-state index contributed by atoms with van der Waals surface area (Å²) >= 11 is 0. The average molecular weight is 98.1 g/mol. The molecule has 0 bridgehead atoms. The summed E-state index contributed by atoms with van der Waals surface area (Å²) in [7, 11) is 4.07. The van der Waals surface area contributed by atoms with Gasteiger partial charge in [-0.05, 0) is 0 Å². The maximum atomic E-state index is 9.02. The van der Waals surface area contributed by atoms with Gasteiger partial charge in [0, 0.05) is 0 Å². The van der Waals surface area contributed by atoms with E-state index in [2.05, 4.69) is 12.7 Å². The van der Waals surface area contributed by atoms with Gasteiger partial charge in [0.05, 0.1) is 0 Å². The van der Waals surface area contributed by atoms with E-state index in [9.17, 15) is 0 Å². The number of rotatable bonds is 0. The molecule has 1 N–H and O–H groups in total. The van der Waals surface area contributed by atoms with Crippen molar-refractivity contribution >= 4 is 37.3 Å². The van der Waals surface area contributed by atoms with Gasteiger partial charge in [0.15, 0.2) is 0 Å². The van der Waals surface area contributed by atoms with Gasteiger partial charge < -0.3 is 12.6 Å². The van der Waals surface area contributed by atoms with Crippen LogP contribution in [0.1, 0.15) is 2.85 Å². The van der Waals surface area contributed by atoms with Crippen molar-refractivity contribution in [3.05, 3.63) is 0 Å². The number of carbonyl (C=O) groups is 1. The van der Waals surface area contributed by atoms with E-state index in [1.807, 2.05) is 0 Å². The van der Waals surface area contributed by atoms with Crippen LogP contribution in [0, 0.1) is 0 Å². The minimum Gasteiger partial charge on any atom is -1.00 e. The van der Waals surface area contributed by atoms with Crippen molar-refractivity contribution in [1.29, 1.82) is 0 Å². The molecule has 0 heterocycles. The van der Waals surface area contributed by atoms with Crippen molar-refractivity contribution in [3.63, 3.8) is 0 Å². The van der Waals surface area contributed by atoms with Crippen molar-refractivity contribution in [1.82, 2.24) is 0 Å². The summed E-state index contributed by atoms with van der Waals surface area (Å²) in [5.41, 5.74) is 0. The Morgan fingerprint density at radius 3 is 2.17 bits per heavy atom. The number of hydrogen-bond donors (Lipinski definition) is 1. The zero-order valence-electron chi connectivity index (χ0n) is 5.05. The molecule has 0 saturated heterocycles. The third-order valence-corrected chi connectivity index (χ3v) is 0.101. The van der Waals surface area contributed by atoms with E-state index in [1.54, 1.807) is 0 Å². The van der Waals surface area contributed by atoms with Gasteiger partial charge in [0.25, 0.3) is 0 Å². The van der Waals surface area contributed by atoms with Gasteiger partial charge in [-0.1, -0.05) is 0 Å². The van der Waals surface area contributed by atoms with Crippen LogP contribution in [0.4, 0.5) is 4.79 Å². The summed E-state index contributed by atoms with van der Waals surface area (Å²) in [6.07, 6.45) is -1.47. The van der Waals surface area contributed by atoms with Crippen molar-refractivity contribution in [2.24, 2.45) is 0 Å². The molecule has 0 aliphatic heterocycles. The number of hydrogen-bond acceptors (Lipinski definition) is 2. The fraction of sp³-hybridized carbons (Fsp3) is 0. The second kappa shape index (κ2) is 5.10. The first-order chi connectivity index (χ1) is 2.27. The van der Waals surface area contributed by atoms with E-state index in [1.165, 1.54) is 0 Å². The average Bonchev–Trinajstić information content (AvgIpc) is 1.38. The van der Waals surface area contributed by atoms with Crippen LogP contribution in [-0.4, -0.2) is 42.4 Å². The molecular weight excluding hydrogens is 95.1 g/mol. The molecule has 0 fully saturated rings. The molecule has 0 saturated carbocycles. The van der Waals surface area contributed by atoms with Gasteiger partial charge in [0.2, 0.25) is 0 Å². The van der Waals surface area contributed by atoms with Gasteiger partial charge in [-0.3, -0.25) is 0 Å². The molecule has 0 amide bonds. The molecule has 0 aliphatic rings. The zero-order valence-corrected chi connectivity index (χ0v) is 4.46. The molecule has 0 aromatic heterocycles. The normalized spacial score (nSPS) is 5.33. The number of carboxylic acid groups (broad SMARTS) is 1. The Kier molecular flexibility index (Phi) is 8.03. The Bertz CT molecular complexity index is 52.5. The molecule has 3 nitrogen and oxygen atoms in total. The first kappa shape index (κ1) is 9.44. The Labute approximate surface area is 55.2 Å². The quantitative estimate of drug-likeness (QED) is 0.420. The van der Waals surface area contributed by atoms with Crippen LogP contribution in [-0.2, 0) is 4.65 Å². The van der Waals surface area contributed by atoms with E-state index in [0.717, 1.165) is 0 Å². The summed E-state index contributed by atoms with van der Waals surface area (Å²) in [5, 5.41) is 7.38. The summed E-state index contributed by atoms with van der Waals surface area (Å²) in [6, 6.07) is 0. The first-order valence-corrected chi connectivity index (χ1v) is 0.868. The fourth-order valence-electron chi connectivity index (χ4n) is 0. The smallest absolute Gasteiger partial charge is 1.00 e. The monoisotopic (exact) mass is 98.0 g/mol. The molecule has 2 radical (unpaired) electrons. The standard InChI is InChI=1S/CHBO3.Mg.2H/c2-5-1(3)4;;;/h(H,3,4);;;/q;+2;2*-1. The van der Waals surface area contributed by atoms with Gasteiger partial charge in [-0.2, -0.15) is 0 Å². The van der Waals surface area contributed by atoms with Crippen LogP contribution >= 0.6 is 0 Å². The second-order valence-electron chi connectivity index (χ2n) is 0.384. The summed E-state index contributed by atoms with van der Waals surface area (Å²) in [6.45, 7) is 0. The zero-order chi connectivity index (χ0) is 4.28. The molecule has 0 unspecified atom stereocenters. The fourth-order valence-corrected chi connectivity index (χ4v) is 0. The van der Waals surface area contributed by atoms with E-state index >= 15 is 0 Å². The van der Waals surface area contributed by atoms with Crippen LogP contribution in [0.5, 0.6) is 0 Å². The molecule has 0 rings (SSSR count). The SMILES string of the molecule is [B]OC(=O)O.[H-].[H-].[Mg+2]. The van der Waals surface area contributed by atoms with Crippen LogP contribution in [0.2, 0.25) is 0 Å². The van der Waals surface area contributed by atoms with E-state index in [0.29, 0.717) is 0 Å². The maximum absolute atomic E-state index is 9.02. The maximum Gasteiger partial charge on any atom is 2.00 e. The minimum atomic E-state index is -1.47. The van der Waals surface area contributed by atoms with Crippen molar-refractivity contribution in [3.8, 4) is 0 Å². The molecule has 30 valence electrons. The van der Waals surface area contributed by atoms with Gasteiger partial charge in [-0.15, -0.1) is 0 Å². The van der Waals surface area contributed by atoms with Gasteiger partial charge >= 0.3 is 37.3 Å². The van der Waals surface area contributed by atoms with Crippen LogP contribution in [0.3, 0.4) is 0 Å². The summed E-state index contributed by atoms with van der Waals surface area (Å²) in [4.78, 5) is 9.02. The molecule has 0 aliphatic carbocycles. The Hall–Kier alpha value is 0.101. The predicted octanol–water partition coefficient (Wildman–Crippen LogP) is -0.391. The topological polar surface area (TPSA) is 46.5 Å². The van der Waals surface area contributed by atoms with Crippen LogP contribution < -0.4 is 0 Å². The first-order valence-electron chi connectivity index (χ1n) is 0.868. The molecule has 6 heavy (non-hydrogen) atoms. The minimum absolute atomic E-state index is 0. The molecule has 0 spiro atoms. The van der Waals surface area contributed by atoms with Crippen molar-refractivity contribution < 1.29 is 17.4 Å². The molecule has 5 heteroatoms. The molecular formula is CH3BMgO3. The van der Waals surface area contributed by atoms with Crippen molar-refractivity contribution in [2.75, 3.05) is 0 Å². The molecule has 0 atom stereocenters. The van der Waals surface area contributed by atoms with Gasteiger partial charge in [0.1, 0.15) is 0 Å². The third-order valence-electron chi connectivity index (χ3n) is 0.101. The van der Waals surface area contributed by atoms with Crippen molar-refractivity contribution in [2.45, 2.75) is 0 Å². The van der Waals surface area contributed by atoms with E-state index in [-0.39, 0.29) is 25.9 Å². The summed E-state index contributed by atoms with van der Waals surface area (Å²) in [5.74, 6) is 0. The Morgan fingerprint density at radius 1 is 2.00 bits per heavy atom. The van der Waals surface area contributed by atoms with Crippen LogP contribution in [0.25, 0.3) is 0 Å².